The van der Waals surface area contributed by atoms with Crippen molar-refractivity contribution in [2.24, 2.45) is 0 Å². The molecule has 34 heavy (non-hydrogen) atoms. The Balaban J connectivity index is 1.67. The largest absolute Gasteiger partial charge is 0.507 e. The van der Waals surface area contributed by atoms with Crippen LogP contribution in [0.1, 0.15) is 24.1 Å². The third kappa shape index (κ3) is 3.80. The number of amides is 1. The lowest BCUT2D eigenvalue weighted by Gasteiger charge is -2.25. The molecule has 0 radical (unpaired) electrons. The van der Waals surface area contributed by atoms with E-state index in [1.165, 1.54) is 4.90 Å². The molecule has 1 unspecified atom stereocenters. The fourth-order valence-corrected chi connectivity index (χ4v) is 4.39. The zero-order valence-electron chi connectivity index (χ0n) is 18.2. The molecule has 5 rings (SSSR count). The molecule has 0 aromatic heterocycles. The van der Waals surface area contributed by atoms with Crippen molar-refractivity contribution in [1.82, 2.24) is 0 Å². The van der Waals surface area contributed by atoms with E-state index in [2.05, 4.69) is 15.9 Å². The van der Waals surface area contributed by atoms with Gasteiger partial charge in [0.05, 0.1) is 18.2 Å². The second-order valence-corrected chi connectivity index (χ2v) is 8.63. The average Bonchev–Trinajstić information content (AvgIpc) is 3.42. The molecule has 2 heterocycles. The first-order valence-corrected chi connectivity index (χ1v) is 11.5. The molecule has 1 saturated heterocycles. The number of carbonyl (C=O) groups is 2. The molecule has 2 aliphatic heterocycles. The highest BCUT2D eigenvalue weighted by Crippen LogP contribution is 2.45. The Hall–Kier alpha value is -3.78. The van der Waals surface area contributed by atoms with Crippen molar-refractivity contribution in [3.05, 3.63) is 87.9 Å². The maximum Gasteiger partial charge on any atom is 0.300 e. The molecule has 0 bridgehead atoms. The second kappa shape index (κ2) is 8.87. The Bertz CT molecular complexity index is 1300. The van der Waals surface area contributed by atoms with Crippen LogP contribution in [0, 0.1) is 0 Å². The van der Waals surface area contributed by atoms with Gasteiger partial charge >= 0.3 is 0 Å². The van der Waals surface area contributed by atoms with E-state index in [1.807, 2.05) is 6.92 Å². The van der Waals surface area contributed by atoms with Gasteiger partial charge in [0.15, 0.2) is 11.5 Å². The van der Waals surface area contributed by atoms with Gasteiger partial charge in [0.2, 0.25) is 6.79 Å². The van der Waals surface area contributed by atoms with Gasteiger partial charge in [0.25, 0.3) is 11.7 Å². The Labute approximate surface area is 204 Å². The number of halogens is 1. The first kappa shape index (κ1) is 22.0. The first-order valence-electron chi connectivity index (χ1n) is 10.7. The van der Waals surface area contributed by atoms with E-state index < -0.39 is 17.7 Å². The number of carbonyl (C=O) groups excluding carboxylic acids is 2. The molecular weight excluding hydrogens is 502 g/mol. The van der Waals surface area contributed by atoms with Crippen molar-refractivity contribution in [1.29, 1.82) is 0 Å². The fourth-order valence-electron chi connectivity index (χ4n) is 4.13. The Kier molecular flexibility index (Phi) is 5.75. The molecule has 1 N–H and O–H groups in total. The fraction of sp³-hybridized carbons (Fsp3) is 0.154. The third-order valence-corrected chi connectivity index (χ3v) is 6.23. The minimum absolute atomic E-state index is 0.00847. The highest BCUT2D eigenvalue weighted by Gasteiger charge is 2.47. The lowest BCUT2D eigenvalue weighted by atomic mass is 9.95. The van der Waals surface area contributed by atoms with Gasteiger partial charge in [-0.05, 0) is 48.9 Å². The number of aliphatic hydroxyl groups is 1. The quantitative estimate of drug-likeness (QED) is 0.282. The van der Waals surface area contributed by atoms with Crippen LogP contribution in [0.3, 0.4) is 0 Å². The molecule has 0 saturated carbocycles. The maximum absolute atomic E-state index is 13.3. The summed E-state index contributed by atoms with van der Waals surface area (Å²) < 4.78 is 17.2. The van der Waals surface area contributed by atoms with Gasteiger partial charge in [0.1, 0.15) is 11.5 Å². The van der Waals surface area contributed by atoms with E-state index in [-0.39, 0.29) is 18.1 Å². The third-order valence-electron chi connectivity index (χ3n) is 5.70. The summed E-state index contributed by atoms with van der Waals surface area (Å²) in [4.78, 5) is 27.9. The minimum Gasteiger partial charge on any atom is -0.507 e. The average molecular weight is 522 g/mol. The SMILES string of the molecule is CCOc1ccc(C2/C(=C(\O)c3ccc(Br)cc3)C(=O)C(=O)N2c2ccc3c(c2)OCO3)cc1. The van der Waals surface area contributed by atoms with Crippen molar-refractivity contribution in [2.75, 3.05) is 18.3 Å². The molecule has 8 heteroatoms. The van der Waals surface area contributed by atoms with Crippen LogP contribution in [-0.2, 0) is 9.59 Å². The molecule has 3 aromatic carbocycles. The Morgan fingerprint density at radius 2 is 1.74 bits per heavy atom. The van der Waals surface area contributed by atoms with E-state index in [0.29, 0.717) is 40.7 Å². The number of anilines is 1. The summed E-state index contributed by atoms with van der Waals surface area (Å²) in [5, 5.41) is 11.2. The Morgan fingerprint density at radius 3 is 2.44 bits per heavy atom. The van der Waals surface area contributed by atoms with Gasteiger partial charge in [-0.2, -0.15) is 0 Å². The van der Waals surface area contributed by atoms with Crippen LogP contribution in [-0.4, -0.2) is 30.2 Å². The van der Waals surface area contributed by atoms with Crippen molar-refractivity contribution >= 4 is 39.1 Å². The predicted octanol–water partition coefficient (Wildman–Crippen LogP) is 5.20. The summed E-state index contributed by atoms with van der Waals surface area (Å²) >= 11 is 3.37. The zero-order chi connectivity index (χ0) is 23.8. The van der Waals surface area contributed by atoms with Gasteiger partial charge in [-0.15, -0.1) is 0 Å². The van der Waals surface area contributed by atoms with Gasteiger partial charge < -0.3 is 19.3 Å². The van der Waals surface area contributed by atoms with Crippen molar-refractivity contribution in [2.45, 2.75) is 13.0 Å². The number of Topliss-reactive ketones (excluding diaryl/α,β-unsaturated/α-hetero) is 1. The van der Waals surface area contributed by atoms with Crippen molar-refractivity contribution in [3.63, 3.8) is 0 Å². The predicted molar refractivity (Wildman–Crippen MR) is 129 cm³/mol. The highest BCUT2D eigenvalue weighted by atomic mass is 79.9. The van der Waals surface area contributed by atoms with Crippen LogP contribution in [0.25, 0.3) is 5.76 Å². The standard InChI is InChI=1S/C26H20BrNO6/c1-2-32-19-10-5-15(6-11-19)23-22(24(29)16-3-7-17(27)8-4-16)25(30)26(31)28(23)18-9-12-20-21(13-18)34-14-33-20/h3-13,23,29H,2,14H2,1H3/b24-22+. The summed E-state index contributed by atoms with van der Waals surface area (Å²) in [6.07, 6.45) is 0. The number of nitrogens with zero attached hydrogens (tertiary/aromatic N) is 1. The number of benzene rings is 3. The lowest BCUT2D eigenvalue weighted by molar-refractivity contribution is -0.132. The van der Waals surface area contributed by atoms with E-state index in [4.69, 9.17) is 14.2 Å². The summed E-state index contributed by atoms with van der Waals surface area (Å²) in [6, 6.07) is 18.2. The summed E-state index contributed by atoms with van der Waals surface area (Å²) in [6.45, 7) is 2.49. The van der Waals surface area contributed by atoms with Gasteiger partial charge in [0, 0.05) is 21.8 Å². The monoisotopic (exact) mass is 521 g/mol. The van der Waals surface area contributed by atoms with E-state index in [0.717, 1.165) is 4.47 Å². The maximum atomic E-state index is 13.3. The lowest BCUT2D eigenvalue weighted by Crippen LogP contribution is -2.29. The molecular formula is C26H20BrNO6. The zero-order valence-corrected chi connectivity index (χ0v) is 19.7. The highest BCUT2D eigenvalue weighted by molar-refractivity contribution is 9.10. The van der Waals surface area contributed by atoms with Crippen LogP contribution in [0.15, 0.2) is 76.8 Å². The Morgan fingerprint density at radius 1 is 1.03 bits per heavy atom. The molecule has 1 atom stereocenters. The number of ketones is 1. The summed E-state index contributed by atoms with van der Waals surface area (Å²) in [5.74, 6) is -0.0360. The second-order valence-electron chi connectivity index (χ2n) is 7.72. The van der Waals surface area contributed by atoms with Crippen molar-refractivity contribution in [3.8, 4) is 17.2 Å². The van der Waals surface area contributed by atoms with Crippen LogP contribution in [0.4, 0.5) is 5.69 Å². The molecule has 7 nitrogen and oxygen atoms in total. The van der Waals surface area contributed by atoms with Crippen molar-refractivity contribution < 1.29 is 28.9 Å². The smallest absolute Gasteiger partial charge is 0.300 e. The first-order chi connectivity index (χ1) is 16.5. The number of rotatable bonds is 5. The van der Waals surface area contributed by atoms with Crippen LogP contribution in [0.5, 0.6) is 17.2 Å². The number of ether oxygens (including phenoxy) is 3. The van der Waals surface area contributed by atoms with E-state index in [1.54, 1.807) is 66.7 Å². The van der Waals surface area contributed by atoms with E-state index >= 15 is 0 Å². The summed E-state index contributed by atoms with van der Waals surface area (Å²) in [7, 11) is 0. The molecule has 3 aromatic rings. The number of hydrogen-bond acceptors (Lipinski definition) is 6. The molecule has 0 spiro atoms. The van der Waals surface area contributed by atoms with Gasteiger partial charge in [-0.1, -0.05) is 40.2 Å². The topological polar surface area (TPSA) is 85.3 Å². The minimum atomic E-state index is -0.848. The molecule has 2 aliphatic rings. The molecule has 1 amide bonds. The normalized spacial score (nSPS) is 18.4. The summed E-state index contributed by atoms with van der Waals surface area (Å²) in [5.41, 5.74) is 1.55. The van der Waals surface area contributed by atoms with Crippen LogP contribution < -0.4 is 19.1 Å². The molecule has 172 valence electrons. The van der Waals surface area contributed by atoms with Gasteiger partial charge in [-0.3, -0.25) is 14.5 Å². The van der Waals surface area contributed by atoms with Crippen LogP contribution >= 0.6 is 15.9 Å². The number of hydrogen-bond donors (Lipinski definition) is 1. The number of aliphatic hydroxyl groups excluding tert-OH is 1. The molecule has 1 fully saturated rings. The number of fused-ring (bicyclic) bond motifs is 1. The van der Waals surface area contributed by atoms with Gasteiger partial charge in [-0.25, -0.2) is 0 Å². The van der Waals surface area contributed by atoms with E-state index in [9.17, 15) is 14.7 Å². The van der Waals surface area contributed by atoms with Crippen LogP contribution in [0.2, 0.25) is 0 Å². The molecule has 0 aliphatic carbocycles.